The Kier molecular flexibility index (Phi) is 5.96. The molecule has 25 heavy (non-hydrogen) atoms. The van der Waals surface area contributed by atoms with Crippen molar-refractivity contribution >= 4 is 23.4 Å². The van der Waals surface area contributed by atoms with Crippen LogP contribution in [-0.4, -0.2) is 41.3 Å². The Labute approximate surface area is 155 Å². The third kappa shape index (κ3) is 3.98. The monoisotopic (exact) mass is 375 g/mol. The molecule has 0 aliphatic carbocycles. The summed E-state index contributed by atoms with van der Waals surface area (Å²) in [4.78, 5) is 0. The number of nitrogens with zero attached hydrogens (tertiary/aromatic N) is 3. The van der Waals surface area contributed by atoms with Gasteiger partial charge in [-0.25, -0.2) is 0 Å². The Bertz CT molecular complexity index is 837. The Morgan fingerprint density at radius 3 is 2.52 bits per heavy atom. The summed E-state index contributed by atoms with van der Waals surface area (Å²) in [5.41, 5.74) is 1.82. The van der Waals surface area contributed by atoms with Gasteiger partial charge in [0.25, 0.3) is 0 Å². The van der Waals surface area contributed by atoms with E-state index in [1.54, 1.807) is 26.0 Å². The minimum Gasteiger partial charge on any atom is -0.496 e. The van der Waals surface area contributed by atoms with Crippen molar-refractivity contribution in [3.8, 4) is 22.8 Å². The fraction of sp³-hybridized carbons (Fsp3) is 0.222. The predicted octanol–water partition coefficient (Wildman–Crippen LogP) is 4.33. The van der Waals surface area contributed by atoms with E-state index < -0.39 is 0 Å². The molecular formula is C18H18ClN3O2S. The number of benzene rings is 2. The van der Waals surface area contributed by atoms with E-state index in [-0.39, 0.29) is 0 Å². The van der Waals surface area contributed by atoms with Crippen LogP contribution in [0.1, 0.15) is 0 Å². The van der Waals surface area contributed by atoms with Crippen LogP contribution in [-0.2, 0) is 4.74 Å². The molecule has 0 saturated carbocycles. The van der Waals surface area contributed by atoms with Gasteiger partial charge in [0.05, 0.1) is 19.3 Å². The average molecular weight is 376 g/mol. The number of thioether (sulfide) groups is 1. The van der Waals surface area contributed by atoms with Crippen molar-refractivity contribution in [1.29, 1.82) is 0 Å². The van der Waals surface area contributed by atoms with Crippen molar-refractivity contribution in [3.05, 3.63) is 53.6 Å². The summed E-state index contributed by atoms with van der Waals surface area (Å²) in [5, 5.41) is 10.3. The first-order valence-corrected chi connectivity index (χ1v) is 9.07. The Balaban J connectivity index is 2.10. The van der Waals surface area contributed by atoms with Crippen molar-refractivity contribution in [3.63, 3.8) is 0 Å². The molecule has 0 radical (unpaired) electrons. The van der Waals surface area contributed by atoms with Crippen molar-refractivity contribution in [2.45, 2.75) is 5.16 Å². The highest BCUT2D eigenvalue weighted by atomic mass is 35.5. The number of rotatable bonds is 7. The molecule has 5 nitrogen and oxygen atoms in total. The molecular weight excluding hydrogens is 358 g/mol. The topological polar surface area (TPSA) is 49.2 Å². The summed E-state index contributed by atoms with van der Waals surface area (Å²) in [5.74, 6) is 2.26. The SMILES string of the molecule is COCCSc1nnc(-c2ccccc2OC)n1-c1ccc(Cl)cc1. The van der Waals surface area contributed by atoms with Gasteiger partial charge in [-0.15, -0.1) is 10.2 Å². The lowest BCUT2D eigenvalue weighted by Gasteiger charge is -2.12. The third-order valence-electron chi connectivity index (χ3n) is 3.58. The molecule has 0 bridgehead atoms. The first kappa shape index (κ1) is 17.8. The lowest BCUT2D eigenvalue weighted by molar-refractivity contribution is 0.218. The van der Waals surface area contributed by atoms with E-state index in [9.17, 15) is 0 Å². The quantitative estimate of drug-likeness (QED) is 0.454. The lowest BCUT2D eigenvalue weighted by Crippen LogP contribution is -2.02. The average Bonchev–Trinajstić information content (AvgIpc) is 3.06. The number of halogens is 1. The van der Waals surface area contributed by atoms with Crippen molar-refractivity contribution in [2.75, 3.05) is 26.6 Å². The molecule has 0 N–H and O–H groups in total. The number of ether oxygens (including phenoxy) is 2. The second-order valence-electron chi connectivity index (χ2n) is 5.16. The lowest BCUT2D eigenvalue weighted by atomic mass is 10.2. The minimum absolute atomic E-state index is 0.641. The highest BCUT2D eigenvalue weighted by Crippen LogP contribution is 2.33. The Morgan fingerprint density at radius 2 is 1.80 bits per heavy atom. The zero-order chi connectivity index (χ0) is 17.6. The standard InChI is InChI=1S/C18H18ClN3O2S/c1-23-11-12-25-18-21-20-17(15-5-3-4-6-16(15)24-2)22(18)14-9-7-13(19)8-10-14/h3-10H,11-12H2,1-2H3. The third-order valence-corrected chi connectivity index (χ3v) is 4.73. The van der Waals surface area contributed by atoms with Gasteiger partial charge >= 0.3 is 0 Å². The van der Waals surface area contributed by atoms with Crippen LogP contribution in [0.2, 0.25) is 5.02 Å². The van der Waals surface area contributed by atoms with Gasteiger partial charge in [-0.2, -0.15) is 0 Å². The fourth-order valence-electron chi connectivity index (χ4n) is 2.41. The fourth-order valence-corrected chi connectivity index (χ4v) is 3.38. The zero-order valence-corrected chi connectivity index (χ0v) is 15.5. The number of hydrogen-bond acceptors (Lipinski definition) is 5. The molecule has 3 aromatic rings. The zero-order valence-electron chi connectivity index (χ0n) is 14.0. The van der Waals surface area contributed by atoms with Crippen LogP contribution in [0.15, 0.2) is 53.7 Å². The number of methoxy groups -OCH3 is 2. The van der Waals surface area contributed by atoms with Crippen LogP contribution < -0.4 is 4.74 Å². The molecule has 1 heterocycles. The predicted molar refractivity (Wildman–Crippen MR) is 101 cm³/mol. The maximum atomic E-state index is 6.04. The molecule has 1 aromatic heterocycles. The molecule has 0 saturated heterocycles. The van der Waals surface area contributed by atoms with Gasteiger partial charge in [-0.1, -0.05) is 35.5 Å². The first-order chi connectivity index (χ1) is 12.2. The summed E-state index contributed by atoms with van der Waals surface area (Å²) in [6, 6.07) is 15.4. The van der Waals surface area contributed by atoms with Crippen LogP contribution in [0.25, 0.3) is 17.1 Å². The highest BCUT2D eigenvalue weighted by Gasteiger charge is 2.18. The second-order valence-corrected chi connectivity index (χ2v) is 6.66. The number of hydrogen-bond donors (Lipinski definition) is 0. The van der Waals surface area contributed by atoms with E-state index in [4.69, 9.17) is 21.1 Å². The summed E-state index contributed by atoms with van der Waals surface area (Å²) in [7, 11) is 3.33. The summed E-state index contributed by atoms with van der Waals surface area (Å²) < 4.78 is 12.6. The molecule has 0 amide bonds. The maximum absolute atomic E-state index is 6.04. The second kappa shape index (κ2) is 8.38. The molecule has 7 heteroatoms. The smallest absolute Gasteiger partial charge is 0.196 e. The molecule has 0 aliphatic rings. The van der Waals surface area contributed by atoms with Crippen LogP contribution >= 0.6 is 23.4 Å². The van der Waals surface area contributed by atoms with E-state index in [0.717, 1.165) is 33.7 Å². The summed E-state index contributed by atoms with van der Waals surface area (Å²) in [6.07, 6.45) is 0. The molecule has 0 aliphatic heterocycles. The van der Waals surface area contributed by atoms with Gasteiger partial charge < -0.3 is 9.47 Å². The normalized spacial score (nSPS) is 10.8. The summed E-state index contributed by atoms with van der Waals surface area (Å²) >= 11 is 7.63. The minimum atomic E-state index is 0.641. The van der Waals surface area contributed by atoms with Crippen molar-refractivity contribution in [1.82, 2.24) is 14.8 Å². The largest absolute Gasteiger partial charge is 0.496 e. The number of aromatic nitrogens is 3. The molecule has 0 spiro atoms. The Hall–Kier alpha value is -2.02. The molecule has 0 atom stereocenters. The van der Waals surface area contributed by atoms with Gasteiger partial charge in [-0.3, -0.25) is 4.57 Å². The van der Waals surface area contributed by atoms with E-state index in [1.165, 1.54) is 0 Å². The van der Waals surface area contributed by atoms with E-state index in [2.05, 4.69) is 10.2 Å². The van der Waals surface area contributed by atoms with Crippen LogP contribution in [0.5, 0.6) is 5.75 Å². The first-order valence-electron chi connectivity index (χ1n) is 7.71. The maximum Gasteiger partial charge on any atom is 0.196 e. The van der Waals surface area contributed by atoms with Gasteiger partial charge in [0, 0.05) is 23.6 Å². The van der Waals surface area contributed by atoms with Gasteiger partial charge in [0.15, 0.2) is 11.0 Å². The van der Waals surface area contributed by atoms with E-state index in [0.29, 0.717) is 11.6 Å². The summed E-state index contributed by atoms with van der Waals surface area (Å²) in [6.45, 7) is 0.641. The van der Waals surface area contributed by atoms with Crippen LogP contribution in [0, 0.1) is 0 Å². The molecule has 130 valence electrons. The van der Waals surface area contributed by atoms with E-state index >= 15 is 0 Å². The van der Waals surface area contributed by atoms with Gasteiger partial charge in [-0.05, 0) is 36.4 Å². The van der Waals surface area contributed by atoms with Gasteiger partial charge in [0.1, 0.15) is 5.75 Å². The molecule has 0 fully saturated rings. The van der Waals surface area contributed by atoms with E-state index in [1.807, 2.05) is 53.1 Å². The van der Waals surface area contributed by atoms with Crippen LogP contribution in [0.3, 0.4) is 0 Å². The molecule has 3 rings (SSSR count). The number of para-hydroxylation sites is 1. The van der Waals surface area contributed by atoms with Crippen LogP contribution in [0.4, 0.5) is 0 Å². The van der Waals surface area contributed by atoms with Gasteiger partial charge in [0.2, 0.25) is 0 Å². The van der Waals surface area contributed by atoms with Crippen molar-refractivity contribution < 1.29 is 9.47 Å². The van der Waals surface area contributed by atoms with Crippen molar-refractivity contribution in [2.24, 2.45) is 0 Å². The Morgan fingerprint density at radius 1 is 1.04 bits per heavy atom. The highest BCUT2D eigenvalue weighted by molar-refractivity contribution is 7.99. The molecule has 0 unspecified atom stereocenters. The molecule has 2 aromatic carbocycles.